The van der Waals surface area contributed by atoms with E-state index in [0.717, 1.165) is 62.4 Å². The van der Waals surface area contributed by atoms with Crippen molar-refractivity contribution in [1.29, 1.82) is 0 Å². The lowest BCUT2D eigenvalue weighted by molar-refractivity contribution is -0.142. The number of rotatable bonds is 3. The zero-order valence-electron chi connectivity index (χ0n) is 14.2. The highest BCUT2D eigenvalue weighted by Crippen LogP contribution is 2.32. The van der Waals surface area contributed by atoms with E-state index in [2.05, 4.69) is 4.90 Å². The number of carbonyl (C=O) groups excluding carboxylic acids is 1. The van der Waals surface area contributed by atoms with Gasteiger partial charge in [-0.3, -0.25) is 9.69 Å². The third-order valence-electron chi connectivity index (χ3n) is 5.03. The number of nitrogens with zero attached hydrogens (tertiary/aromatic N) is 2. The van der Waals surface area contributed by atoms with Crippen molar-refractivity contribution in [3.05, 3.63) is 28.3 Å². The summed E-state index contributed by atoms with van der Waals surface area (Å²) in [6, 6.07) is 3.87. The summed E-state index contributed by atoms with van der Waals surface area (Å²) in [6.45, 7) is 5.46. The van der Waals surface area contributed by atoms with Crippen molar-refractivity contribution in [1.82, 2.24) is 9.80 Å². The maximum atomic E-state index is 12.4. The van der Waals surface area contributed by atoms with Crippen LogP contribution in [0.4, 0.5) is 0 Å². The summed E-state index contributed by atoms with van der Waals surface area (Å²) < 4.78 is 16.5. The Hall–Kier alpha value is -1.34. The Morgan fingerprint density at radius 3 is 2.84 bits per heavy atom. The fourth-order valence-corrected chi connectivity index (χ4v) is 3.98. The molecule has 4 rings (SSSR count). The highest BCUT2D eigenvalue weighted by atomic mass is 35.5. The van der Waals surface area contributed by atoms with Gasteiger partial charge in [-0.1, -0.05) is 11.6 Å². The molecule has 1 aromatic carbocycles. The van der Waals surface area contributed by atoms with Crippen LogP contribution in [0, 0.1) is 0 Å². The molecule has 0 N–H and O–H groups in total. The minimum atomic E-state index is -0.222. The lowest BCUT2D eigenvalue weighted by Crippen LogP contribution is -2.51. The van der Waals surface area contributed by atoms with Gasteiger partial charge >= 0.3 is 0 Å². The zero-order valence-corrected chi connectivity index (χ0v) is 15.0. The third kappa shape index (κ3) is 3.77. The van der Waals surface area contributed by atoms with Crippen LogP contribution in [0.15, 0.2) is 12.1 Å². The molecule has 0 aliphatic carbocycles. The molecular weight excluding hydrogens is 344 g/mol. The number of benzene rings is 1. The van der Waals surface area contributed by atoms with Gasteiger partial charge < -0.3 is 19.1 Å². The van der Waals surface area contributed by atoms with Crippen molar-refractivity contribution in [2.45, 2.75) is 32.1 Å². The van der Waals surface area contributed by atoms with Crippen LogP contribution in [0.5, 0.6) is 5.75 Å². The number of piperazine rings is 1. The number of hydrogen-bond acceptors (Lipinski definition) is 5. The fourth-order valence-electron chi connectivity index (χ4n) is 3.72. The Balaban J connectivity index is 1.37. The molecule has 1 amide bonds. The normalized spacial score (nSPS) is 24.0. The average Bonchev–Trinajstić information content (AvgIpc) is 3.16. The molecular formula is C18H23ClN2O4. The molecule has 1 unspecified atom stereocenters. The van der Waals surface area contributed by atoms with Crippen molar-refractivity contribution >= 4 is 17.5 Å². The van der Waals surface area contributed by atoms with Gasteiger partial charge in [0, 0.05) is 55.5 Å². The quantitative estimate of drug-likeness (QED) is 0.819. The Kier molecular flexibility index (Phi) is 5.12. The predicted molar refractivity (Wildman–Crippen MR) is 92.6 cm³/mol. The van der Waals surface area contributed by atoms with Crippen molar-refractivity contribution in [2.24, 2.45) is 0 Å². The second-order valence-corrected chi connectivity index (χ2v) is 7.20. The monoisotopic (exact) mass is 366 g/mol. The average molecular weight is 367 g/mol. The Bertz CT molecular complexity index is 640. The highest BCUT2D eigenvalue weighted by molar-refractivity contribution is 6.30. The Morgan fingerprint density at radius 2 is 2.08 bits per heavy atom. The van der Waals surface area contributed by atoms with Crippen LogP contribution in [0.1, 0.15) is 24.0 Å². The smallest absolute Gasteiger partial charge is 0.251 e. The molecule has 1 atom stereocenters. The van der Waals surface area contributed by atoms with E-state index in [0.29, 0.717) is 18.2 Å². The number of hydrogen-bond donors (Lipinski definition) is 0. The van der Waals surface area contributed by atoms with Crippen LogP contribution in [0.2, 0.25) is 5.02 Å². The van der Waals surface area contributed by atoms with Crippen LogP contribution in [-0.4, -0.2) is 61.4 Å². The molecule has 3 aliphatic heterocycles. The summed E-state index contributed by atoms with van der Waals surface area (Å²) in [4.78, 5) is 16.7. The minimum absolute atomic E-state index is 0.151. The topological polar surface area (TPSA) is 51.2 Å². The summed E-state index contributed by atoms with van der Waals surface area (Å²) in [5.74, 6) is 1.05. The van der Waals surface area contributed by atoms with Gasteiger partial charge in [0.05, 0.1) is 6.61 Å². The number of carbonyl (C=O) groups is 1. The summed E-state index contributed by atoms with van der Waals surface area (Å²) in [5.41, 5.74) is 2.09. The van der Waals surface area contributed by atoms with Crippen LogP contribution < -0.4 is 4.74 Å². The maximum Gasteiger partial charge on any atom is 0.251 e. The first kappa shape index (κ1) is 17.1. The summed E-state index contributed by atoms with van der Waals surface area (Å²) >= 11 is 6.24. The molecule has 1 aromatic rings. The number of ether oxygens (including phenoxy) is 3. The molecule has 2 fully saturated rings. The van der Waals surface area contributed by atoms with Gasteiger partial charge in [-0.05, 0) is 25.0 Å². The molecule has 3 aliphatic rings. The second-order valence-electron chi connectivity index (χ2n) is 6.77. The maximum absolute atomic E-state index is 12.4. The molecule has 0 radical (unpaired) electrons. The Morgan fingerprint density at radius 1 is 1.24 bits per heavy atom. The highest BCUT2D eigenvalue weighted by Gasteiger charge is 2.30. The van der Waals surface area contributed by atoms with Crippen molar-refractivity contribution in [2.75, 3.05) is 39.6 Å². The van der Waals surface area contributed by atoms with E-state index in [9.17, 15) is 4.79 Å². The van der Waals surface area contributed by atoms with E-state index < -0.39 is 0 Å². The van der Waals surface area contributed by atoms with Gasteiger partial charge in [0.2, 0.25) is 0 Å². The second kappa shape index (κ2) is 7.50. The molecule has 0 saturated carbocycles. The number of fused-ring (bicyclic) bond motifs is 1. The molecule has 6 nitrogen and oxygen atoms in total. The summed E-state index contributed by atoms with van der Waals surface area (Å²) in [6.07, 6.45) is 1.62. The molecule has 7 heteroatoms. The van der Waals surface area contributed by atoms with Gasteiger partial charge in [0.15, 0.2) is 6.79 Å². The van der Waals surface area contributed by atoms with Gasteiger partial charge in [-0.15, -0.1) is 0 Å². The first-order valence-corrected chi connectivity index (χ1v) is 9.23. The molecule has 25 heavy (non-hydrogen) atoms. The Labute approximate surface area is 152 Å². The molecule has 2 saturated heterocycles. The molecule has 0 aromatic heterocycles. The van der Waals surface area contributed by atoms with E-state index in [4.69, 9.17) is 25.8 Å². The van der Waals surface area contributed by atoms with E-state index >= 15 is 0 Å². The zero-order chi connectivity index (χ0) is 17.2. The fraction of sp³-hybridized carbons (Fsp3) is 0.611. The van der Waals surface area contributed by atoms with Crippen LogP contribution in [-0.2, 0) is 27.4 Å². The molecule has 0 bridgehead atoms. The number of halogens is 1. The van der Waals surface area contributed by atoms with Gasteiger partial charge in [-0.2, -0.15) is 0 Å². The van der Waals surface area contributed by atoms with E-state index in [1.165, 1.54) is 0 Å². The largest absolute Gasteiger partial charge is 0.467 e. The number of amides is 1. The van der Waals surface area contributed by atoms with E-state index in [-0.39, 0.29) is 18.8 Å². The molecule has 136 valence electrons. The van der Waals surface area contributed by atoms with Gasteiger partial charge in [-0.25, -0.2) is 0 Å². The van der Waals surface area contributed by atoms with E-state index in [1.54, 1.807) is 0 Å². The van der Waals surface area contributed by atoms with Crippen LogP contribution in [0.3, 0.4) is 0 Å². The van der Waals surface area contributed by atoms with Crippen LogP contribution in [0.25, 0.3) is 0 Å². The summed E-state index contributed by atoms with van der Waals surface area (Å²) in [5, 5.41) is 0.704. The van der Waals surface area contributed by atoms with Crippen molar-refractivity contribution in [3.8, 4) is 5.75 Å². The minimum Gasteiger partial charge on any atom is -0.467 e. The van der Waals surface area contributed by atoms with Crippen molar-refractivity contribution in [3.63, 3.8) is 0 Å². The summed E-state index contributed by atoms with van der Waals surface area (Å²) in [7, 11) is 0. The molecule has 0 spiro atoms. The first-order chi connectivity index (χ1) is 12.2. The van der Waals surface area contributed by atoms with E-state index in [1.807, 2.05) is 17.0 Å². The van der Waals surface area contributed by atoms with Crippen molar-refractivity contribution < 1.29 is 19.0 Å². The standard InChI is InChI=1S/C18H23ClN2O4/c19-15-8-13(17-14(9-15)11-23-12-25-17)10-20-3-5-21(6-4-20)18(22)16-2-1-7-24-16/h8-9,16H,1-7,10-12H2. The predicted octanol–water partition coefficient (Wildman–Crippen LogP) is 2.03. The van der Waals surface area contributed by atoms with Gasteiger partial charge in [0.1, 0.15) is 11.9 Å². The molecule has 3 heterocycles. The van der Waals surface area contributed by atoms with Gasteiger partial charge in [0.25, 0.3) is 5.91 Å². The SMILES string of the molecule is O=C(C1CCCO1)N1CCN(Cc2cc(Cl)cc3c2OCOC3)CC1. The lowest BCUT2D eigenvalue weighted by atomic mass is 10.1. The third-order valence-corrected chi connectivity index (χ3v) is 5.25. The first-order valence-electron chi connectivity index (χ1n) is 8.85. The lowest BCUT2D eigenvalue weighted by Gasteiger charge is -2.36. The van der Waals surface area contributed by atoms with Crippen LogP contribution >= 0.6 is 11.6 Å².